The Labute approximate surface area is 411 Å². The van der Waals surface area contributed by atoms with Gasteiger partial charge in [0.1, 0.15) is 0 Å². The van der Waals surface area contributed by atoms with Crippen molar-refractivity contribution in [2.24, 2.45) is 21.7 Å². The summed E-state index contributed by atoms with van der Waals surface area (Å²) in [5.41, 5.74) is -0.307. The van der Waals surface area contributed by atoms with Gasteiger partial charge in [-0.05, 0) is 138 Å². The Morgan fingerprint density at radius 1 is 0.594 bits per heavy atom. The predicted octanol–water partition coefficient (Wildman–Crippen LogP) is 7.11. The number of aromatic amines is 2. The summed E-state index contributed by atoms with van der Waals surface area (Å²) in [5, 5.41) is 23.6. The minimum atomic E-state index is -2.49. The molecule has 2 aromatic heterocycles. The smallest absolute Gasteiger partial charge is 0.321 e. The van der Waals surface area contributed by atoms with Crippen molar-refractivity contribution in [3.8, 4) is 0 Å². The molecule has 2 aromatic rings. The second kappa shape index (κ2) is 23.1. The van der Waals surface area contributed by atoms with Crippen LogP contribution in [0.4, 0.5) is 31.1 Å². The van der Waals surface area contributed by atoms with Crippen molar-refractivity contribution in [3.05, 3.63) is 44.2 Å². The van der Waals surface area contributed by atoms with Crippen LogP contribution in [-0.2, 0) is 8.23 Å². The van der Waals surface area contributed by atoms with E-state index in [1.54, 1.807) is 13.8 Å². The van der Waals surface area contributed by atoms with Crippen LogP contribution >= 0.6 is 0 Å². The molecule has 23 heteroatoms. The SMILES string of the molecule is Cc1cc(=O)nc(NC(=O)NC2CC(C)(C)CC(C)(CNC(=O)NCCC[Si](C)(C)O[Si](C)(C)O[Si](C)(C)CCCNC(=O)NCC3(C)CC(NC(=O)Nc4nc(=O)cc(C)[nH]4)CC(C)(C)C3)C2)[nH]1. The fourth-order valence-electron chi connectivity index (χ4n) is 11.3. The average molecular weight is 1020 g/mol. The van der Waals surface area contributed by atoms with Crippen LogP contribution in [0.2, 0.25) is 51.4 Å². The van der Waals surface area contributed by atoms with Crippen molar-refractivity contribution < 1.29 is 27.4 Å². The maximum absolute atomic E-state index is 13.0. The van der Waals surface area contributed by atoms with Crippen LogP contribution in [0.3, 0.4) is 0 Å². The largest absolute Gasteiger partial charge is 0.437 e. The van der Waals surface area contributed by atoms with Gasteiger partial charge in [0.2, 0.25) is 11.9 Å². The number of aromatic nitrogens is 4. The number of H-pyrrole nitrogens is 2. The minimum Gasteiger partial charge on any atom is -0.437 e. The van der Waals surface area contributed by atoms with Crippen LogP contribution in [0.5, 0.6) is 0 Å². The Hall–Kier alpha value is -4.59. The zero-order chi connectivity index (χ0) is 51.6. The number of anilines is 2. The topological polar surface area (TPSA) is 274 Å². The maximum Gasteiger partial charge on any atom is 0.321 e. The van der Waals surface area contributed by atoms with Gasteiger partial charge in [0, 0.05) is 61.8 Å². The molecular weight excluding hydrogens is 933 g/mol. The number of hydrogen-bond acceptors (Lipinski definition) is 10. The summed E-state index contributed by atoms with van der Waals surface area (Å²) in [4.78, 5) is 88.6. The highest BCUT2D eigenvalue weighted by Gasteiger charge is 2.44. The van der Waals surface area contributed by atoms with Crippen molar-refractivity contribution >= 4 is 61.2 Å². The second-order valence-electron chi connectivity index (χ2n) is 23.8. The lowest BCUT2D eigenvalue weighted by molar-refractivity contribution is 0.0753. The highest BCUT2D eigenvalue weighted by Crippen LogP contribution is 2.47. The molecule has 10 N–H and O–H groups in total. The molecule has 0 spiro atoms. The molecule has 4 unspecified atom stereocenters. The number of aryl methyl sites for hydroxylation is 2. The van der Waals surface area contributed by atoms with Gasteiger partial charge in [-0.3, -0.25) is 20.2 Å². The van der Waals surface area contributed by atoms with Gasteiger partial charge in [-0.2, -0.15) is 9.97 Å². The summed E-state index contributed by atoms with van der Waals surface area (Å²) in [6.07, 6.45) is 6.23. The summed E-state index contributed by atoms with van der Waals surface area (Å²) in [5.74, 6) is 0.192. The van der Waals surface area contributed by atoms with E-state index in [1.807, 2.05) is 0 Å². The van der Waals surface area contributed by atoms with Crippen molar-refractivity contribution in [2.45, 2.75) is 170 Å². The van der Waals surface area contributed by atoms with Crippen LogP contribution in [0.25, 0.3) is 0 Å². The number of carbonyl (C=O) groups is 4. The Kier molecular flexibility index (Phi) is 19.1. The normalized spacial score (nSPS) is 22.4. The van der Waals surface area contributed by atoms with E-state index < -0.39 is 48.4 Å². The van der Waals surface area contributed by atoms with Crippen molar-refractivity contribution in [3.63, 3.8) is 0 Å². The number of nitrogens with one attached hydrogen (secondary N) is 10. The Bertz CT molecular complexity index is 2090. The molecule has 4 rings (SSSR count). The molecule has 0 aliphatic heterocycles. The first-order valence-electron chi connectivity index (χ1n) is 24.5. The summed E-state index contributed by atoms with van der Waals surface area (Å²) >= 11 is 0. The van der Waals surface area contributed by atoms with Gasteiger partial charge >= 0.3 is 32.7 Å². The molecule has 0 aromatic carbocycles. The molecule has 2 fully saturated rings. The van der Waals surface area contributed by atoms with Crippen LogP contribution in [0.1, 0.15) is 104 Å². The number of rotatable bonds is 20. The van der Waals surface area contributed by atoms with E-state index in [-0.39, 0.29) is 57.7 Å². The highest BCUT2D eigenvalue weighted by atomic mass is 28.5. The van der Waals surface area contributed by atoms with Crippen LogP contribution in [0.15, 0.2) is 21.7 Å². The molecule has 0 bridgehead atoms. The molecule has 2 saturated carbocycles. The van der Waals surface area contributed by atoms with E-state index in [4.69, 9.17) is 8.23 Å². The molecule has 0 radical (unpaired) electrons. The monoisotopic (exact) mass is 1020 g/mol. The number of amides is 8. The van der Waals surface area contributed by atoms with Gasteiger partial charge in [0.25, 0.3) is 11.1 Å². The minimum absolute atomic E-state index is 0.0709. The first-order chi connectivity index (χ1) is 31.7. The van der Waals surface area contributed by atoms with E-state index in [1.165, 1.54) is 12.1 Å². The predicted molar refractivity (Wildman–Crippen MR) is 279 cm³/mol. The average Bonchev–Trinajstić information content (AvgIpc) is 3.13. The molecule has 20 nitrogen and oxygen atoms in total. The summed E-state index contributed by atoms with van der Waals surface area (Å²) in [6.45, 7) is 31.4. The van der Waals surface area contributed by atoms with E-state index in [0.717, 1.165) is 50.6 Å². The second-order valence-corrected chi connectivity index (χ2v) is 36.2. The van der Waals surface area contributed by atoms with Gasteiger partial charge in [0.15, 0.2) is 16.6 Å². The fourth-order valence-corrected chi connectivity index (χ4v) is 25.3. The van der Waals surface area contributed by atoms with Crippen molar-refractivity contribution in [1.82, 2.24) is 51.8 Å². The Morgan fingerprint density at radius 2 is 0.957 bits per heavy atom. The first-order valence-corrected chi connectivity index (χ1v) is 33.5. The third-order valence-electron chi connectivity index (χ3n) is 12.7. The third-order valence-corrected chi connectivity index (χ3v) is 24.1. The van der Waals surface area contributed by atoms with Gasteiger partial charge in [0.05, 0.1) is 0 Å². The standard InChI is InChI=1S/C46H84N12O8Si3/c1-31-21-35(59)55-37(51-31)57-41(63)53-33-23-43(3,4)27-45(7,25-33)29-49-39(61)47-17-15-19-67(9,10)65-69(13,14)66-68(11,12)20-16-18-48-40(62)50-30-46(8)26-34(24-44(5,6)28-46)54-42(64)58-38-52-32(2)22-36(60)56-38/h21-22,33-34H,15-20,23-30H2,1-14H3,(H2,47,49,61)(H2,48,50,62)(H3,51,53,55,57,59,63)(H3,52,54,56,58,60,64). The molecule has 8 amide bonds. The molecule has 0 saturated heterocycles. The zero-order valence-corrected chi connectivity index (χ0v) is 46.9. The molecular formula is C46H84N12O8Si3. The number of nitrogens with zero attached hydrogens (tertiary/aromatic N) is 2. The highest BCUT2D eigenvalue weighted by molar-refractivity contribution is 6.87. The van der Waals surface area contributed by atoms with Gasteiger partial charge in [-0.1, -0.05) is 41.5 Å². The molecule has 388 valence electrons. The van der Waals surface area contributed by atoms with Gasteiger partial charge in [-0.25, -0.2) is 19.2 Å². The lowest BCUT2D eigenvalue weighted by atomic mass is 9.62. The van der Waals surface area contributed by atoms with Crippen LogP contribution in [0, 0.1) is 35.5 Å². The number of carbonyl (C=O) groups excluding carboxylic acids is 4. The lowest BCUT2D eigenvalue weighted by Gasteiger charge is -2.46. The van der Waals surface area contributed by atoms with E-state index in [0.29, 0.717) is 50.4 Å². The summed E-state index contributed by atoms with van der Waals surface area (Å²) in [6, 6.07) is 2.85. The quantitative estimate of drug-likeness (QED) is 0.0474. The van der Waals surface area contributed by atoms with Crippen molar-refractivity contribution in [2.75, 3.05) is 36.8 Å². The number of urea groups is 4. The van der Waals surface area contributed by atoms with Crippen LogP contribution < -0.4 is 53.7 Å². The van der Waals surface area contributed by atoms with E-state index in [9.17, 15) is 28.8 Å². The van der Waals surface area contributed by atoms with E-state index >= 15 is 0 Å². The fraction of sp³-hybridized carbons (Fsp3) is 0.739. The first kappa shape index (κ1) is 57.0. The third kappa shape index (κ3) is 20.7. The Morgan fingerprint density at radius 3 is 1.30 bits per heavy atom. The molecule has 69 heavy (non-hydrogen) atoms. The molecule has 2 aliphatic carbocycles. The van der Waals surface area contributed by atoms with Gasteiger partial charge < -0.3 is 50.1 Å². The molecule has 2 aliphatic rings. The van der Waals surface area contributed by atoms with E-state index in [2.05, 4.69) is 143 Å². The summed E-state index contributed by atoms with van der Waals surface area (Å²) in [7, 11) is -6.77. The maximum atomic E-state index is 13.0. The Balaban J connectivity index is 1.12. The summed E-state index contributed by atoms with van der Waals surface area (Å²) < 4.78 is 13.6. The zero-order valence-electron chi connectivity index (χ0n) is 43.9. The molecule has 2 heterocycles. The molecule has 4 atom stereocenters. The van der Waals surface area contributed by atoms with Crippen LogP contribution in [-0.4, -0.2) is 108 Å². The van der Waals surface area contributed by atoms with Crippen molar-refractivity contribution in [1.29, 1.82) is 0 Å². The van der Waals surface area contributed by atoms with Gasteiger partial charge in [-0.15, -0.1) is 0 Å². The lowest BCUT2D eigenvalue weighted by Crippen LogP contribution is -2.53. The number of hydrogen-bond donors (Lipinski definition) is 10.